The lowest BCUT2D eigenvalue weighted by Crippen LogP contribution is -3.00. The van der Waals surface area contributed by atoms with Crippen molar-refractivity contribution in [1.29, 1.82) is 0 Å². The highest BCUT2D eigenvalue weighted by atomic mass is 35.5. The predicted molar refractivity (Wildman–Crippen MR) is 300 cm³/mol. The Morgan fingerprint density at radius 3 is 1.10 bits per heavy atom. The molecule has 0 amide bonds. The second-order valence-electron chi connectivity index (χ2n) is 19.8. The van der Waals surface area contributed by atoms with Gasteiger partial charge in [-0.05, 0) is 95.8 Å². The first-order chi connectivity index (χ1) is 37.9. The van der Waals surface area contributed by atoms with Crippen molar-refractivity contribution in [2.75, 3.05) is 124 Å². The van der Waals surface area contributed by atoms with Gasteiger partial charge in [-0.25, -0.2) is 0 Å². The Kier molecular flexibility index (Phi) is 26.5. The first kappa shape index (κ1) is 66.1. The third-order valence-corrected chi connectivity index (χ3v) is 15.5. The smallest absolute Gasteiger partial charge is 0.306 e. The van der Waals surface area contributed by atoms with E-state index in [9.17, 15) is 9.59 Å². The van der Waals surface area contributed by atoms with Gasteiger partial charge in [-0.2, -0.15) is 0 Å². The van der Waals surface area contributed by atoms with Crippen LogP contribution in [-0.2, 0) is 44.7 Å². The van der Waals surface area contributed by atoms with Crippen LogP contribution in [0.2, 0.25) is 0 Å². The Hall–Kier alpha value is -6.46. The van der Waals surface area contributed by atoms with Crippen LogP contribution in [0.25, 0.3) is 0 Å². The monoisotopic (exact) mass is 1150 g/mol. The van der Waals surface area contributed by atoms with Gasteiger partial charge in [0.2, 0.25) is 11.5 Å². The van der Waals surface area contributed by atoms with Gasteiger partial charge in [0.15, 0.2) is 46.0 Å². The zero-order valence-corrected chi connectivity index (χ0v) is 50.1. The highest BCUT2D eigenvalue weighted by molar-refractivity contribution is 5.70. The van der Waals surface area contributed by atoms with Crippen molar-refractivity contribution in [3.8, 4) is 57.5 Å². The van der Waals surface area contributed by atoms with Crippen molar-refractivity contribution in [3.63, 3.8) is 0 Å². The normalized spacial score (nSPS) is 17.9. The number of ether oxygens (including phenoxy) is 12. The number of hydrogen-bond donors (Lipinski definition) is 0. The maximum Gasteiger partial charge on any atom is 0.306 e. The second-order valence-corrected chi connectivity index (χ2v) is 19.8. The van der Waals surface area contributed by atoms with E-state index in [-0.39, 0.29) is 61.7 Å². The summed E-state index contributed by atoms with van der Waals surface area (Å²) >= 11 is 0. The van der Waals surface area contributed by atoms with Crippen LogP contribution in [0.3, 0.4) is 0 Å². The molecule has 4 aromatic carbocycles. The van der Waals surface area contributed by atoms with Crippen molar-refractivity contribution >= 4 is 11.9 Å². The summed E-state index contributed by atoms with van der Waals surface area (Å²) in [7, 11) is 16.3. The molecule has 0 spiro atoms. The number of methoxy groups -OCH3 is 10. The van der Waals surface area contributed by atoms with Gasteiger partial charge in [-0.1, -0.05) is 25.3 Å². The highest BCUT2D eigenvalue weighted by Gasteiger charge is 2.44. The lowest BCUT2D eigenvalue weighted by molar-refractivity contribution is -0.954. The minimum atomic E-state index is -0.261. The number of hydrogen-bond acceptors (Lipinski definition) is 14. The Labute approximate surface area is 486 Å². The average Bonchev–Trinajstić information content (AvgIpc) is 3.46. The Morgan fingerprint density at radius 2 is 0.800 bits per heavy atom. The van der Waals surface area contributed by atoms with Gasteiger partial charge in [0.1, 0.15) is 12.1 Å². The van der Waals surface area contributed by atoms with E-state index in [1.165, 1.54) is 22.3 Å². The Morgan fingerprint density at radius 1 is 0.475 bits per heavy atom. The molecule has 0 radical (unpaired) electrons. The van der Waals surface area contributed by atoms with Gasteiger partial charge >= 0.3 is 11.9 Å². The van der Waals surface area contributed by atoms with Crippen LogP contribution in [0.4, 0.5) is 0 Å². The molecule has 2 aliphatic rings. The second kappa shape index (κ2) is 32.1. The fourth-order valence-electron chi connectivity index (χ4n) is 11.7. The largest absolute Gasteiger partial charge is 1.00 e. The van der Waals surface area contributed by atoms with Gasteiger partial charge in [-0.15, -0.1) is 0 Å². The van der Waals surface area contributed by atoms with E-state index in [0.717, 1.165) is 50.1 Å². The fourth-order valence-corrected chi connectivity index (χ4v) is 11.7. The molecule has 2 aliphatic heterocycles. The van der Waals surface area contributed by atoms with Crippen molar-refractivity contribution in [1.82, 2.24) is 0 Å². The van der Waals surface area contributed by atoms with Crippen molar-refractivity contribution in [2.45, 2.75) is 76.3 Å². The molecular weight excluding hydrogens is 1070 g/mol. The van der Waals surface area contributed by atoms with Crippen LogP contribution in [-0.4, -0.2) is 144 Å². The van der Waals surface area contributed by atoms with Crippen molar-refractivity contribution in [3.05, 3.63) is 119 Å². The van der Waals surface area contributed by atoms with Gasteiger partial charge in [0.05, 0.1) is 124 Å². The molecule has 4 atom stereocenters. The first-order valence-electron chi connectivity index (χ1n) is 26.8. The van der Waals surface area contributed by atoms with Crippen molar-refractivity contribution < 1.29 is 100 Å². The summed E-state index contributed by atoms with van der Waals surface area (Å²) in [5.74, 6) is 5.65. The number of nitrogens with zero attached hydrogens (tertiary/aromatic N) is 2. The van der Waals surface area contributed by atoms with E-state index in [1.807, 2.05) is 48.6 Å². The molecule has 0 unspecified atom stereocenters. The number of carbonyl (C=O) groups is 2. The molecule has 0 N–H and O–H groups in total. The van der Waals surface area contributed by atoms with Crippen LogP contribution in [0.5, 0.6) is 57.5 Å². The zero-order valence-electron chi connectivity index (χ0n) is 48.6. The lowest BCUT2D eigenvalue weighted by Gasteiger charge is -2.48. The molecule has 0 saturated carbocycles. The lowest BCUT2D eigenvalue weighted by atomic mass is 9.85. The third kappa shape index (κ3) is 15.7. The van der Waals surface area contributed by atoms with E-state index in [0.29, 0.717) is 131 Å². The van der Waals surface area contributed by atoms with E-state index >= 15 is 0 Å². The van der Waals surface area contributed by atoms with Crippen LogP contribution in [0, 0.1) is 0 Å². The zero-order chi connectivity index (χ0) is 56.2. The number of carbonyl (C=O) groups excluding carboxylic acids is 2. The van der Waals surface area contributed by atoms with E-state index < -0.39 is 0 Å². The SMILES string of the molecule is C=CC[N@+]1(CCCOC(=O)CC/C=C/CCC(=O)OCCC[N@@+]2(CC=C)CCc3cc(OC)c(OC)cc3[C@H]2Cc2cc(OC)c(OC)c(OC)c2)CCc2cc(OC)c(OC)cc2[C@H]1Cc1cc(OC)c(OC)c(OC)c1.[Cl-].[Cl-]. The van der Waals surface area contributed by atoms with Gasteiger partial charge < -0.3 is 90.6 Å². The summed E-state index contributed by atoms with van der Waals surface area (Å²) < 4.78 is 70.3. The van der Waals surface area contributed by atoms with Crippen LogP contribution in [0.15, 0.2) is 86.0 Å². The number of benzene rings is 4. The Bertz CT molecular complexity index is 2490. The number of allylic oxidation sites excluding steroid dienone is 2. The maximum atomic E-state index is 13.0. The summed E-state index contributed by atoms with van der Waals surface area (Å²) in [6, 6.07) is 16.4. The maximum absolute atomic E-state index is 13.0. The average molecular weight is 1150 g/mol. The van der Waals surface area contributed by atoms with Crippen molar-refractivity contribution in [2.24, 2.45) is 0 Å². The molecule has 440 valence electrons. The Balaban J connectivity index is 0.00000689. The summed E-state index contributed by atoms with van der Waals surface area (Å²) in [5, 5.41) is 0. The number of rotatable bonds is 32. The molecule has 0 aromatic heterocycles. The molecule has 0 saturated heterocycles. The minimum absolute atomic E-state index is 0. The summed E-state index contributed by atoms with van der Waals surface area (Å²) in [5.41, 5.74) is 6.81. The highest BCUT2D eigenvalue weighted by Crippen LogP contribution is 2.48. The van der Waals surface area contributed by atoms with Crippen LogP contribution < -0.4 is 72.2 Å². The summed E-state index contributed by atoms with van der Waals surface area (Å²) in [6.45, 7) is 13.6. The molecule has 0 aliphatic carbocycles. The molecule has 16 nitrogen and oxygen atoms in total. The van der Waals surface area contributed by atoms with Crippen LogP contribution in [0.1, 0.15) is 84.0 Å². The molecule has 2 heterocycles. The summed E-state index contributed by atoms with van der Waals surface area (Å²) in [6.07, 6.45) is 13.6. The summed E-state index contributed by atoms with van der Waals surface area (Å²) in [4.78, 5) is 26.0. The standard InChI is InChI=1S/C62H84N2O14.2ClH/c1-13-25-63(29-23-45-39-51(67-3)53(69-5)41-47(45)49(63)33-43-35-55(71-7)61(75-11)56(36-43)72-8)27-19-31-77-59(65)21-17-15-16-18-22-60(66)78-32-20-28-64(26-14-2)30-24-46-40-52(68-4)54(70-6)42-48(46)50(64)34-44-37-57(73-9)62(76-12)58(38-44)74-10;;/h13-16,35-42,49-50H,1-2,17-34H2,3-12H3;2*1H/q+2;;/p-2/b16-15+;;/t49-,50-,63+,64+;;/m1../s1. The van der Waals surface area contributed by atoms with E-state index in [2.05, 4.69) is 37.4 Å². The molecular formula is C62H84Cl2N2O14. The van der Waals surface area contributed by atoms with Crippen LogP contribution >= 0.6 is 0 Å². The molecule has 18 heteroatoms. The molecule has 0 fully saturated rings. The van der Waals surface area contributed by atoms with E-state index in [4.69, 9.17) is 56.8 Å². The molecule has 80 heavy (non-hydrogen) atoms. The topological polar surface area (TPSA) is 145 Å². The van der Waals surface area contributed by atoms with E-state index in [1.54, 1.807) is 71.1 Å². The predicted octanol–water partition coefficient (Wildman–Crippen LogP) is 4.15. The molecule has 0 bridgehead atoms. The van der Waals surface area contributed by atoms with Gasteiger partial charge in [0.25, 0.3) is 0 Å². The first-order valence-corrected chi connectivity index (χ1v) is 26.8. The third-order valence-electron chi connectivity index (χ3n) is 15.5. The number of quaternary nitrogens is 2. The number of esters is 2. The fraction of sp³-hybridized carbons (Fsp3) is 0.484. The quantitative estimate of drug-likeness (QED) is 0.0299. The van der Waals surface area contributed by atoms with Gasteiger partial charge in [-0.3, -0.25) is 9.59 Å². The molecule has 4 aromatic rings. The van der Waals surface area contributed by atoms with Gasteiger partial charge in [0, 0.05) is 62.5 Å². The minimum Gasteiger partial charge on any atom is -1.00 e. The molecule has 6 rings (SSSR count). The number of fused-ring (bicyclic) bond motifs is 2. The number of halogens is 2.